The minimum atomic E-state index is -4.52. The van der Waals surface area contributed by atoms with Gasteiger partial charge in [-0.05, 0) is 56.0 Å². The van der Waals surface area contributed by atoms with E-state index in [2.05, 4.69) is 31.1 Å². The summed E-state index contributed by atoms with van der Waals surface area (Å²) in [5, 5.41) is 6.08. The molecule has 0 radical (unpaired) electrons. The maximum atomic E-state index is 15.8. The number of benzene rings is 2. The number of amides is 1. The molecule has 214 valence electrons. The Morgan fingerprint density at radius 3 is 2.42 bits per heavy atom. The zero-order valence-electron chi connectivity index (χ0n) is 22.5. The Morgan fingerprint density at radius 2 is 1.85 bits per heavy atom. The van der Waals surface area contributed by atoms with E-state index in [0.717, 1.165) is 25.0 Å². The van der Waals surface area contributed by atoms with Crippen molar-refractivity contribution in [2.24, 2.45) is 0 Å². The molecule has 0 bridgehead atoms. The van der Waals surface area contributed by atoms with Gasteiger partial charge in [-0.15, -0.1) is 0 Å². The van der Waals surface area contributed by atoms with Crippen molar-refractivity contribution in [2.45, 2.75) is 57.5 Å². The van der Waals surface area contributed by atoms with Crippen molar-refractivity contribution in [3.63, 3.8) is 0 Å². The number of rotatable bonds is 6. The van der Waals surface area contributed by atoms with Gasteiger partial charge in [0.15, 0.2) is 11.6 Å². The number of carbonyl (C=O) groups is 1. The topological polar surface area (TPSA) is 56.8 Å². The molecular weight excluding hydrogens is 548 g/mol. The first kappa shape index (κ1) is 28.3. The molecule has 2 aliphatic heterocycles. The maximum Gasteiger partial charge on any atom is 0.416 e. The van der Waals surface area contributed by atoms with Gasteiger partial charge < -0.3 is 25.2 Å². The fourth-order valence-corrected chi connectivity index (χ4v) is 5.74. The predicted molar refractivity (Wildman–Crippen MR) is 148 cm³/mol. The molecule has 3 aliphatic rings. The van der Waals surface area contributed by atoms with Gasteiger partial charge in [-0.3, -0.25) is 4.79 Å². The molecular formula is C29H31ClF4N4O2. The van der Waals surface area contributed by atoms with Crippen LogP contribution in [0.25, 0.3) is 5.57 Å². The third-order valence-electron chi connectivity index (χ3n) is 7.44. The van der Waals surface area contributed by atoms with Crippen LogP contribution in [0.3, 0.4) is 0 Å². The van der Waals surface area contributed by atoms with Crippen LogP contribution >= 0.6 is 11.6 Å². The third-order valence-corrected chi connectivity index (χ3v) is 7.79. The molecule has 0 aromatic heterocycles. The number of piperazine rings is 1. The summed E-state index contributed by atoms with van der Waals surface area (Å²) < 4.78 is 60.6. The number of alkyl halides is 3. The normalized spacial score (nSPS) is 21.2. The standard InChI is InChI=1S/C29H31ClF4N4O2/c1-15-12-37(13-16(2)36-15)26-24(31)10-21-17(3)22(14-38(20-7-8-20)25(21)27(26)40-4)28(39)35-11-18-5-6-19(9-23(18)30)29(32,33)34/h5-6,9-10,14-16,20,36H,3,7-8,11-13H2,1-2,4H3,(H,35,39)/t15-,16+. The summed E-state index contributed by atoms with van der Waals surface area (Å²) in [6.45, 7) is 9.34. The highest BCUT2D eigenvalue weighted by atomic mass is 35.5. The van der Waals surface area contributed by atoms with Gasteiger partial charge >= 0.3 is 6.18 Å². The molecule has 0 spiro atoms. The molecule has 2 atom stereocenters. The lowest BCUT2D eigenvalue weighted by molar-refractivity contribution is -0.137. The van der Waals surface area contributed by atoms with Crippen LogP contribution < -0.4 is 25.2 Å². The number of carbonyl (C=O) groups excluding carboxylic acids is 1. The van der Waals surface area contributed by atoms with Crippen molar-refractivity contribution in [2.75, 3.05) is 30.0 Å². The molecule has 1 saturated heterocycles. The lowest BCUT2D eigenvalue weighted by atomic mass is 9.92. The van der Waals surface area contributed by atoms with Crippen LogP contribution in [0.5, 0.6) is 5.75 Å². The van der Waals surface area contributed by atoms with E-state index in [9.17, 15) is 18.0 Å². The fourth-order valence-electron chi connectivity index (χ4n) is 5.49. The molecule has 1 amide bonds. The molecule has 2 aromatic rings. The van der Waals surface area contributed by atoms with Gasteiger partial charge in [0.1, 0.15) is 5.69 Å². The van der Waals surface area contributed by atoms with E-state index in [1.165, 1.54) is 19.2 Å². The molecule has 0 unspecified atom stereocenters. The molecule has 1 aliphatic carbocycles. The summed E-state index contributed by atoms with van der Waals surface area (Å²) in [5.74, 6) is -0.561. The maximum absolute atomic E-state index is 15.8. The second-order valence-corrected chi connectivity index (χ2v) is 11.1. The van der Waals surface area contributed by atoms with Crippen LogP contribution in [0, 0.1) is 5.82 Å². The highest BCUT2D eigenvalue weighted by Crippen LogP contribution is 2.51. The van der Waals surface area contributed by atoms with E-state index in [4.69, 9.17) is 16.3 Å². The molecule has 11 heteroatoms. The number of hydrogen-bond acceptors (Lipinski definition) is 5. The summed E-state index contributed by atoms with van der Waals surface area (Å²) in [6, 6.07) is 4.84. The molecule has 6 nitrogen and oxygen atoms in total. The van der Waals surface area contributed by atoms with Gasteiger partial charge in [-0.25, -0.2) is 4.39 Å². The SMILES string of the molecule is C=C1C(C(=O)NCc2ccc(C(F)(F)F)cc2Cl)=CN(C2CC2)c2c1cc(F)c(N1C[C@@H](C)N[C@@H](C)C1)c2OC. The van der Waals surface area contributed by atoms with E-state index in [-0.39, 0.29) is 35.3 Å². The van der Waals surface area contributed by atoms with Gasteiger partial charge in [0.05, 0.1) is 23.9 Å². The number of hydrogen-bond donors (Lipinski definition) is 2. The van der Waals surface area contributed by atoms with Crippen molar-refractivity contribution < 1.29 is 27.1 Å². The number of ether oxygens (including phenoxy) is 1. The largest absolute Gasteiger partial charge is 0.492 e. The monoisotopic (exact) mass is 578 g/mol. The zero-order chi connectivity index (χ0) is 28.9. The highest BCUT2D eigenvalue weighted by Gasteiger charge is 2.39. The number of methoxy groups -OCH3 is 1. The number of anilines is 2. The van der Waals surface area contributed by atoms with Crippen molar-refractivity contribution in [1.82, 2.24) is 10.6 Å². The van der Waals surface area contributed by atoms with Gasteiger partial charge in [0.25, 0.3) is 5.91 Å². The first-order chi connectivity index (χ1) is 18.9. The second-order valence-electron chi connectivity index (χ2n) is 10.7. The molecule has 2 N–H and O–H groups in total. The molecule has 2 fully saturated rings. The summed E-state index contributed by atoms with van der Waals surface area (Å²) in [4.78, 5) is 17.3. The summed E-state index contributed by atoms with van der Waals surface area (Å²) in [6.07, 6.45) is -1.02. The molecule has 2 aromatic carbocycles. The number of nitrogens with zero attached hydrogens (tertiary/aromatic N) is 2. The summed E-state index contributed by atoms with van der Waals surface area (Å²) in [7, 11) is 1.52. The Bertz CT molecular complexity index is 1380. The Kier molecular flexibility index (Phi) is 7.52. The Morgan fingerprint density at radius 1 is 1.18 bits per heavy atom. The first-order valence-corrected chi connectivity index (χ1v) is 13.5. The van der Waals surface area contributed by atoms with Crippen LogP contribution in [0.1, 0.15) is 43.4 Å². The molecule has 1 saturated carbocycles. The first-order valence-electron chi connectivity index (χ1n) is 13.1. The van der Waals surface area contributed by atoms with Crippen molar-refractivity contribution >= 4 is 34.5 Å². The van der Waals surface area contributed by atoms with Crippen LogP contribution in [-0.2, 0) is 17.5 Å². The fraction of sp³-hybridized carbons (Fsp3) is 0.414. The zero-order valence-corrected chi connectivity index (χ0v) is 23.2. The minimum Gasteiger partial charge on any atom is -0.492 e. The van der Waals surface area contributed by atoms with Crippen LogP contribution in [0.4, 0.5) is 28.9 Å². The van der Waals surface area contributed by atoms with E-state index in [1.807, 2.05) is 9.80 Å². The van der Waals surface area contributed by atoms with Gasteiger partial charge in [-0.2, -0.15) is 13.2 Å². The number of fused-ring (bicyclic) bond motifs is 1. The van der Waals surface area contributed by atoms with Gasteiger partial charge in [0.2, 0.25) is 0 Å². The molecule has 40 heavy (non-hydrogen) atoms. The van der Waals surface area contributed by atoms with Crippen molar-refractivity contribution in [3.8, 4) is 5.75 Å². The van der Waals surface area contributed by atoms with Crippen LogP contribution in [0.2, 0.25) is 5.02 Å². The van der Waals surface area contributed by atoms with E-state index >= 15 is 4.39 Å². The lowest BCUT2D eigenvalue weighted by Gasteiger charge is -2.40. The van der Waals surface area contributed by atoms with Gasteiger partial charge in [-0.1, -0.05) is 24.2 Å². The quantitative estimate of drug-likeness (QED) is 0.419. The average molecular weight is 579 g/mol. The Hall–Kier alpha value is -3.24. The predicted octanol–water partition coefficient (Wildman–Crippen LogP) is 5.89. The molecule has 2 heterocycles. The molecule has 5 rings (SSSR count). The average Bonchev–Trinajstić information content (AvgIpc) is 3.72. The van der Waals surface area contributed by atoms with E-state index in [0.29, 0.717) is 46.9 Å². The van der Waals surface area contributed by atoms with E-state index < -0.39 is 23.5 Å². The summed E-state index contributed by atoms with van der Waals surface area (Å²) >= 11 is 6.07. The summed E-state index contributed by atoms with van der Waals surface area (Å²) in [5.41, 5.74) is 1.55. The Balaban J connectivity index is 1.45. The highest BCUT2D eigenvalue weighted by molar-refractivity contribution is 6.31. The van der Waals surface area contributed by atoms with Crippen LogP contribution in [0.15, 0.2) is 42.6 Å². The third kappa shape index (κ3) is 5.39. The van der Waals surface area contributed by atoms with Crippen LogP contribution in [-0.4, -0.2) is 44.2 Å². The minimum absolute atomic E-state index is 0.0906. The second kappa shape index (κ2) is 10.6. The van der Waals surface area contributed by atoms with E-state index in [1.54, 1.807) is 6.20 Å². The number of halogens is 5. The van der Waals surface area contributed by atoms with Gasteiger partial charge in [0, 0.05) is 54.5 Å². The lowest BCUT2D eigenvalue weighted by Crippen LogP contribution is -2.54. The Labute approximate surface area is 235 Å². The van der Waals surface area contributed by atoms with Crippen molar-refractivity contribution in [1.29, 1.82) is 0 Å². The number of nitrogens with one attached hydrogen (secondary N) is 2. The smallest absolute Gasteiger partial charge is 0.416 e. The van der Waals surface area contributed by atoms with Crippen molar-refractivity contribution in [3.05, 3.63) is 70.1 Å².